The predicted molar refractivity (Wildman–Crippen MR) is 74.9 cm³/mol. The lowest BCUT2D eigenvalue weighted by atomic mass is 10.1. The molecular weight excluding hydrogens is 238 g/mol. The van der Waals surface area contributed by atoms with Crippen molar-refractivity contribution in [3.05, 3.63) is 29.3 Å². The Kier molecular flexibility index (Phi) is 4.18. The van der Waals surface area contributed by atoms with Gasteiger partial charge in [0.1, 0.15) is 6.04 Å². The highest BCUT2D eigenvalue weighted by atomic mass is 16.2. The summed E-state index contributed by atoms with van der Waals surface area (Å²) in [5.41, 5.74) is 3.28. The van der Waals surface area contributed by atoms with Crippen LogP contribution in [0, 0.1) is 25.2 Å². The molecule has 0 spiro atoms. The first-order valence-corrected chi connectivity index (χ1v) is 6.63. The van der Waals surface area contributed by atoms with Crippen molar-refractivity contribution in [1.82, 2.24) is 5.32 Å². The first-order chi connectivity index (χ1) is 9.15. The van der Waals surface area contributed by atoms with Gasteiger partial charge in [-0.25, -0.2) is 0 Å². The van der Waals surface area contributed by atoms with Gasteiger partial charge in [0.2, 0.25) is 5.91 Å². The number of rotatable bonds is 2. The third-order valence-corrected chi connectivity index (χ3v) is 3.68. The first kappa shape index (κ1) is 13.6. The van der Waals surface area contributed by atoms with E-state index >= 15 is 0 Å². The Hall–Kier alpha value is -1.86. The van der Waals surface area contributed by atoms with E-state index in [1.54, 1.807) is 0 Å². The Morgan fingerprint density at radius 1 is 1.47 bits per heavy atom. The van der Waals surface area contributed by atoms with Crippen molar-refractivity contribution in [1.29, 1.82) is 5.26 Å². The molecule has 1 aromatic carbocycles. The van der Waals surface area contributed by atoms with Crippen LogP contribution in [0.1, 0.15) is 24.0 Å². The number of hydrogen-bond donors (Lipinski definition) is 1. The summed E-state index contributed by atoms with van der Waals surface area (Å²) in [6, 6.07) is 7.71. The molecule has 1 aliphatic rings. The fourth-order valence-electron chi connectivity index (χ4n) is 2.42. The fourth-order valence-corrected chi connectivity index (χ4v) is 2.42. The number of amides is 1. The predicted octanol–water partition coefficient (Wildman–Crippen LogP) is 1.91. The van der Waals surface area contributed by atoms with E-state index in [1.165, 1.54) is 5.56 Å². The highest BCUT2D eigenvalue weighted by molar-refractivity contribution is 5.98. The summed E-state index contributed by atoms with van der Waals surface area (Å²) in [5, 5.41) is 12.0. The number of carbonyl (C=O) groups excluding carboxylic acids is 1. The third kappa shape index (κ3) is 2.77. The number of aryl methyl sites for hydroxylation is 1. The molecule has 1 fully saturated rings. The molecule has 4 nitrogen and oxygen atoms in total. The maximum atomic E-state index is 12.5. The number of nitriles is 1. The topological polar surface area (TPSA) is 56.1 Å². The average Bonchev–Trinajstić information content (AvgIpc) is 2.57. The molecule has 19 heavy (non-hydrogen) atoms. The minimum Gasteiger partial charge on any atom is -0.311 e. The van der Waals surface area contributed by atoms with E-state index in [-0.39, 0.29) is 18.4 Å². The Morgan fingerprint density at radius 3 is 3.00 bits per heavy atom. The third-order valence-electron chi connectivity index (χ3n) is 3.68. The minimum atomic E-state index is -0.382. The van der Waals surface area contributed by atoms with Crippen molar-refractivity contribution in [2.24, 2.45) is 0 Å². The van der Waals surface area contributed by atoms with E-state index in [2.05, 4.69) is 11.4 Å². The molecule has 0 saturated carbocycles. The molecule has 1 saturated heterocycles. The molecule has 1 amide bonds. The lowest BCUT2D eigenvalue weighted by Gasteiger charge is -2.25. The van der Waals surface area contributed by atoms with Crippen molar-refractivity contribution in [2.75, 3.05) is 18.0 Å². The highest BCUT2D eigenvalue weighted by Gasteiger charge is 2.28. The van der Waals surface area contributed by atoms with E-state index < -0.39 is 0 Å². The maximum Gasteiger partial charge on any atom is 0.245 e. The van der Waals surface area contributed by atoms with Gasteiger partial charge in [0.25, 0.3) is 0 Å². The van der Waals surface area contributed by atoms with Gasteiger partial charge < -0.3 is 10.2 Å². The quantitative estimate of drug-likeness (QED) is 0.880. The summed E-state index contributed by atoms with van der Waals surface area (Å²) in [5.74, 6) is 0.00718. The minimum absolute atomic E-state index is 0.00718. The van der Waals surface area contributed by atoms with Crippen molar-refractivity contribution < 1.29 is 4.79 Å². The van der Waals surface area contributed by atoms with Gasteiger partial charge in [0, 0.05) is 12.2 Å². The number of carbonyl (C=O) groups is 1. The molecule has 4 heteroatoms. The molecule has 1 atom stereocenters. The number of hydrogen-bond acceptors (Lipinski definition) is 3. The van der Waals surface area contributed by atoms with E-state index in [9.17, 15) is 4.79 Å². The maximum absolute atomic E-state index is 12.5. The molecule has 0 aromatic heterocycles. The summed E-state index contributed by atoms with van der Waals surface area (Å²) in [6.45, 7) is 5.57. The monoisotopic (exact) mass is 257 g/mol. The van der Waals surface area contributed by atoms with Crippen LogP contribution in [0.5, 0.6) is 0 Å². The lowest BCUT2D eigenvalue weighted by Crippen LogP contribution is -2.43. The number of benzene rings is 1. The van der Waals surface area contributed by atoms with Gasteiger partial charge in [0.15, 0.2) is 0 Å². The van der Waals surface area contributed by atoms with Gasteiger partial charge in [-0.15, -0.1) is 0 Å². The average molecular weight is 257 g/mol. The Labute approximate surface area is 114 Å². The van der Waals surface area contributed by atoms with Crippen LogP contribution in [0.2, 0.25) is 0 Å². The van der Waals surface area contributed by atoms with E-state index in [0.29, 0.717) is 6.54 Å². The van der Waals surface area contributed by atoms with Crippen LogP contribution in [0.15, 0.2) is 18.2 Å². The molecule has 1 aromatic rings. The number of nitrogens with zero attached hydrogens (tertiary/aromatic N) is 2. The Morgan fingerprint density at radius 2 is 2.26 bits per heavy atom. The second kappa shape index (κ2) is 5.85. The molecular formula is C15H19N3O. The molecule has 1 heterocycles. The molecule has 100 valence electrons. The van der Waals surface area contributed by atoms with Crippen molar-refractivity contribution in [2.45, 2.75) is 32.7 Å². The van der Waals surface area contributed by atoms with Crippen molar-refractivity contribution >= 4 is 11.6 Å². The lowest BCUT2D eigenvalue weighted by molar-refractivity contribution is -0.120. The smallest absolute Gasteiger partial charge is 0.245 e. The first-order valence-electron chi connectivity index (χ1n) is 6.63. The van der Waals surface area contributed by atoms with E-state index in [4.69, 9.17) is 5.26 Å². The second-order valence-corrected chi connectivity index (χ2v) is 4.93. The zero-order valence-corrected chi connectivity index (χ0v) is 11.4. The zero-order chi connectivity index (χ0) is 13.8. The van der Waals surface area contributed by atoms with Crippen LogP contribution in [-0.4, -0.2) is 25.0 Å². The van der Waals surface area contributed by atoms with Crippen molar-refractivity contribution in [3.63, 3.8) is 0 Å². The van der Waals surface area contributed by atoms with E-state index in [1.807, 2.05) is 36.9 Å². The molecule has 0 radical (unpaired) electrons. The van der Waals surface area contributed by atoms with Crippen LogP contribution in [-0.2, 0) is 4.79 Å². The van der Waals surface area contributed by atoms with Gasteiger partial charge in [-0.1, -0.05) is 12.1 Å². The molecule has 2 rings (SSSR count). The molecule has 0 bridgehead atoms. The summed E-state index contributed by atoms with van der Waals surface area (Å²) in [6.07, 6.45) is 1.13. The van der Waals surface area contributed by atoms with E-state index in [0.717, 1.165) is 24.2 Å². The largest absolute Gasteiger partial charge is 0.311 e. The fraction of sp³-hybridized carbons (Fsp3) is 0.467. The van der Waals surface area contributed by atoms with Gasteiger partial charge in [0.05, 0.1) is 12.5 Å². The van der Waals surface area contributed by atoms with Crippen LogP contribution in [0.25, 0.3) is 0 Å². The summed E-state index contributed by atoms with van der Waals surface area (Å²) in [4.78, 5) is 14.3. The van der Waals surface area contributed by atoms with Crippen LogP contribution < -0.4 is 10.2 Å². The zero-order valence-electron chi connectivity index (χ0n) is 11.4. The summed E-state index contributed by atoms with van der Waals surface area (Å²) in [7, 11) is 0. The number of anilines is 1. The second-order valence-electron chi connectivity index (χ2n) is 4.93. The summed E-state index contributed by atoms with van der Waals surface area (Å²) < 4.78 is 0. The van der Waals surface area contributed by atoms with Gasteiger partial charge in [-0.05, 0) is 44.0 Å². The molecule has 1 N–H and O–H groups in total. The van der Waals surface area contributed by atoms with Gasteiger partial charge in [-0.2, -0.15) is 5.26 Å². The highest BCUT2D eigenvalue weighted by Crippen LogP contribution is 2.24. The van der Waals surface area contributed by atoms with Crippen LogP contribution in [0.3, 0.4) is 0 Å². The Balaban J connectivity index is 2.34. The Bertz CT molecular complexity index is 519. The molecule has 1 unspecified atom stereocenters. The molecule has 1 aliphatic heterocycles. The molecule has 0 aliphatic carbocycles. The SMILES string of the molecule is Cc1cccc(N2CCCNC(CC#N)C2=O)c1C. The normalized spacial score (nSPS) is 19.9. The number of nitrogens with one attached hydrogen (secondary N) is 1. The van der Waals surface area contributed by atoms with Crippen molar-refractivity contribution in [3.8, 4) is 6.07 Å². The van der Waals surface area contributed by atoms with Gasteiger partial charge >= 0.3 is 0 Å². The van der Waals surface area contributed by atoms with Crippen LogP contribution >= 0.6 is 0 Å². The summed E-state index contributed by atoms with van der Waals surface area (Å²) >= 11 is 0. The van der Waals surface area contributed by atoms with Gasteiger partial charge in [-0.3, -0.25) is 4.79 Å². The van der Waals surface area contributed by atoms with Crippen LogP contribution in [0.4, 0.5) is 5.69 Å². The standard InChI is InChI=1S/C15H19N3O/c1-11-5-3-6-14(12(11)2)18-10-4-9-17-13(7-8-16)15(18)19/h3,5-6,13,17H,4,7,9-10H2,1-2H3.